The number of nitrogens with zero attached hydrogens (tertiary/aromatic N) is 3. The molecule has 1 unspecified atom stereocenters. The zero-order valence-electron chi connectivity index (χ0n) is 20.7. The van der Waals surface area contributed by atoms with E-state index in [2.05, 4.69) is 20.9 Å². The van der Waals surface area contributed by atoms with Crippen LogP contribution in [0.3, 0.4) is 0 Å². The first-order valence-corrected chi connectivity index (χ1v) is 11.8. The van der Waals surface area contributed by atoms with Crippen LogP contribution in [0.4, 0.5) is 26.3 Å². The molecule has 0 aliphatic carbocycles. The topological polar surface area (TPSA) is 112 Å². The van der Waals surface area contributed by atoms with Crippen LogP contribution in [0.1, 0.15) is 31.2 Å². The fourth-order valence-corrected chi connectivity index (χ4v) is 4.68. The number of aromatic nitrogens is 1. The van der Waals surface area contributed by atoms with E-state index in [4.69, 9.17) is 29.3 Å². The minimum Gasteiger partial charge on any atom is -0.481 e. The number of rotatable bonds is 6. The molecular formula is C23H31F6N3O6. The molecule has 4 heterocycles. The van der Waals surface area contributed by atoms with Gasteiger partial charge >= 0.3 is 24.3 Å². The van der Waals surface area contributed by atoms with E-state index in [0.717, 1.165) is 38.0 Å². The Morgan fingerprint density at radius 1 is 1.08 bits per heavy atom. The first-order chi connectivity index (χ1) is 17.7. The summed E-state index contributed by atoms with van der Waals surface area (Å²) in [6.45, 7) is 7.80. The van der Waals surface area contributed by atoms with Gasteiger partial charge in [-0.1, -0.05) is 6.07 Å². The molecule has 3 aliphatic rings. The minimum atomic E-state index is -5.08. The van der Waals surface area contributed by atoms with Crippen molar-refractivity contribution in [3.05, 3.63) is 23.9 Å². The first kappa shape index (κ1) is 31.6. The highest BCUT2D eigenvalue weighted by Crippen LogP contribution is 2.42. The van der Waals surface area contributed by atoms with E-state index in [1.54, 1.807) is 13.3 Å². The van der Waals surface area contributed by atoms with Crippen LogP contribution in [-0.2, 0) is 20.9 Å². The van der Waals surface area contributed by atoms with Gasteiger partial charge in [-0.05, 0) is 57.3 Å². The van der Waals surface area contributed by atoms with Crippen LogP contribution in [0.25, 0.3) is 0 Å². The predicted molar refractivity (Wildman–Crippen MR) is 121 cm³/mol. The molecule has 0 radical (unpaired) electrons. The molecular weight excluding hydrogens is 528 g/mol. The molecule has 0 aromatic carbocycles. The fourth-order valence-electron chi connectivity index (χ4n) is 4.68. The number of hydrogen-bond donors (Lipinski definition) is 2. The smallest absolute Gasteiger partial charge is 0.481 e. The summed E-state index contributed by atoms with van der Waals surface area (Å²) in [4.78, 5) is 27.2. The molecule has 0 amide bonds. The molecule has 1 spiro atoms. The van der Waals surface area contributed by atoms with Crippen LogP contribution in [0.5, 0.6) is 5.88 Å². The predicted octanol–water partition coefficient (Wildman–Crippen LogP) is 3.43. The minimum absolute atomic E-state index is 0.120. The van der Waals surface area contributed by atoms with Gasteiger partial charge < -0.3 is 24.6 Å². The Labute approximate surface area is 215 Å². The maximum atomic E-state index is 10.6. The summed E-state index contributed by atoms with van der Waals surface area (Å²) < 4.78 is 75.1. The molecule has 1 aromatic rings. The number of carboxylic acids is 2. The molecule has 15 heteroatoms. The van der Waals surface area contributed by atoms with Crippen LogP contribution >= 0.6 is 0 Å². The van der Waals surface area contributed by atoms with Crippen molar-refractivity contribution in [2.75, 3.05) is 46.4 Å². The van der Waals surface area contributed by atoms with Gasteiger partial charge in [0.15, 0.2) is 0 Å². The van der Waals surface area contributed by atoms with Crippen molar-refractivity contribution in [1.29, 1.82) is 0 Å². The number of likely N-dealkylation sites (tertiary alicyclic amines) is 2. The van der Waals surface area contributed by atoms with Gasteiger partial charge in [-0.25, -0.2) is 14.6 Å². The summed E-state index contributed by atoms with van der Waals surface area (Å²) in [7, 11) is 1.69. The van der Waals surface area contributed by atoms with Gasteiger partial charge in [0.05, 0.1) is 12.7 Å². The van der Waals surface area contributed by atoms with E-state index in [-0.39, 0.29) is 5.60 Å². The molecule has 0 bridgehead atoms. The molecule has 4 rings (SSSR count). The van der Waals surface area contributed by atoms with Gasteiger partial charge in [-0.15, -0.1) is 0 Å². The number of ether oxygens (including phenoxy) is 2. The lowest BCUT2D eigenvalue weighted by molar-refractivity contribution is -0.193. The second kappa shape index (κ2) is 13.4. The molecule has 2 N–H and O–H groups in total. The molecule has 38 heavy (non-hydrogen) atoms. The van der Waals surface area contributed by atoms with Crippen molar-refractivity contribution in [3.8, 4) is 5.88 Å². The number of methoxy groups -OCH3 is 1. The largest absolute Gasteiger partial charge is 0.490 e. The molecule has 1 aromatic heterocycles. The van der Waals surface area contributed by atoms with Gasteiger partial charge in [0, 0.05) is 38.0 Å². The van der Waals surface area contributed by atoms with Crippen LogP contribution < -0.4 is 4.74 Å². The molecule has 9 nitrogen and oxygen atoms in total. The number of hydrogen-bond acceptors (Lipinski definition) is 7. The van der Waals surface area contributed by atoms with Gasteiger partial charge in [0.1, 0.15) is 0 Å². The van der Waals surface area contributed by atoms with Crippen molar-refractivity contribution in [3.63, 3.8) is 0 Å². The number of halogens is 6. The normalized spacial score (nSPS) is 21.1. The number of aliphatic carboxylic acids is 2. The summed E-state index contributed by atoms with van der Waals surface area (Å²) in [5.41, 5.74) is 1.29. The van der Waals surface area contributed by atoms with E-state index in [1.807, 2.05) is 6.07 Å². The quantitative estimate of drug-likeness (QED) is 0.507. The van der Waals surface area contributed by atoms with Crippen molar-refractivity contribution in [1.82, 2.24) is 14.8 Å². The number of carbonyl (C=O) groups is 2. The Balaban J connectivity index is 0.000000301. The summed E-state index contributed by atoms with van der Waals surface area (Å²) in [6, 6.07) is 4.09. The fraction of sp³-hybridized carbons (Fsp3) is 0.696. The van der Waals surface area contributed by atoms with E-state index >= 15 is 0 Å². The van der Waals surface area contributed by atoms with Crippen LogP contribution in [-0.4, -0.2) is 101 Å². The zero-order valence-corrected chi connectivity index (χ0v) is 20.7. The molecule has 1 atom stereocenters. The molecule has 0 saturated carbocycles. The second-order valence-corrected chi connectivity index (χ2v) is 9.16. The first-order valence-electron chi connectivity index (χ1n) is 11.8. The third-order valence-electron chi connectivity index (χ3n) is 6.50. The highest BCUT2D eigenvalue weighted by atomic mass is 19.4. The molecule has 3 aliphatic heterocycles. The third-order valence-corrected chi connectivity index (χ3v) is 6.50. The lowest BCUT2D eigenvalue weighted by Gasteiger charge is -2.50. The van der Waals surface area contributed by atoms with Crippen molar-refractivity contribution < 1.29 is 55.6 Å². The summed E-state index contributed by atoms with van der Waals surface area (Å²) in [5, 5.41) is 14.2. The number of pyridine rings is 1. The van der Waals surface area contributed by atoms with Crippen LogP contribution in [0.2, 0.25) is 0 Å². The summed E-state index contributed by atoms with van der Waals surface area (Å²) >= 11 is 0. The Bertz CT molecular complexity index is 894. The van der Waals surface area contributed by atoms with Gasteiger partial charge in [0.2, 0.25) is 5.88 Å². The maximum Gasteiger partial charge on any atom is 0.490 e. The van der Waals surface area contributed by atoms with E-state index in [0.29, 0.717) is 0 Å². The standard InChI is InChI=1S/C19H29N3O2.2C2HF3O2/c1-23-18-16(5-4-8-20-18)13-22-14-19(15-22)17(7-12-24-19)6-11-21-9-2-3-10-21;2*3-2(4,5)1(6)7/h4-5,8,17H,2-3,6-7,9-15H2,1H3;2*(H,6,7). The zero-order chi connectivity index (χ0) is 28.6. The van der Waals surface area contributed by atoms with Crippen molar-refractivity contribution >= 4 is 11.9 Å². The maximum absolute atomic E-state index is 10.6. The van der Waals surface area contributed by atoms with E-state index in [9.17, 15) is 26.3 Å². The highest BCUT2D eigenvalue weighted by molar-refractivity contribution is 5.73. The lowest BCUT2D eigenvalue weighted by Crippen LogP contribution is -2.64. The summed E-state index contributed by atoms with van der Waals surface area (Å²) in [6.07, 6.45) is -3.09. The molecule has 3 fully saturated rings. The average molecular weight is 560 g/mol. The van der Waals surface area contributed by atoms with Gasteiger partial charge in [-0.2, -0.15) is 26.3 Å². The Morgan fingerprint density at radius 3 is 2.13 bits per heavy atom. The van der Waals surface area contributed by atoms with Crippen LogP contribution in [0.15, 0.2) is 18.3 Å². The van der Waals surface area contributed by atoms with Crippen molar-refractivity contribution in [2.24, 2.45) is 5.92 Å². The molecule has 3 saturated heterocycles. The Hall–Kier alpha value is -2.65. The molecule has 216 valence electrons. The monoisotopic (exact) mass is 559 g/mol. The average Bonchev–Trinajstić information content (AvgIpc) is 3.47. The Morgan fingerprint density at radius 2 is 1.63 bits per heavy atom. The third kappa shape index (κ3) is 9.27. The summed E-state index contributed by atoms with van der Waals surface area (Å²) in [5.74, 6) is -4.04. The number of alkyl halides is 6. The van der Waals surface area contributed by atoms with E-state index in [1.165, 1.54) is 50.9 Å². The van der Waals surface area contributed by atoms with Crippen molar-refractivity contribution in [2.45, 2.75) is 50.2 Å². The Kier molecular flexibility index (Phi) is 11.2. The van der Waals surface area contributed by atoms with Gasteiger partial charge in [-0.3, -0.25) is 4.90 Å². The second-order valence-electron chi connectivity index (χ2n) is 9.16. The number of carboxylic acid groups (broad SMARTS) is 2. The van der Waals surface area contributed by atoms with E-state index < -0.39 is 24.3 Å². The van der Waals surface area contributed by atoms with Gasteiger partial charge in [0.25, 0.3) is 0 Å². The highest BCUT2D eigenvalue weighted by Gasteiger charge is 2.52. The van der Waals surface area contributed by atoms with Crippen LogP contribution in [0, 0.1) is 5.92 Å². The SMILES string of the molecule is COc1ncccc1CN1CC2(C1)OCCC2CCN1CCCC1.O=C(O)C(F)(F)F.O=C(O)C(F)(F)F. The lowest BCUT2D eigenvalue weighted by atomic mass is 9.78.